The summed E-state index contributed by atoms with van der Waals surface area (Å²) in [5.74, 6) is 0.710. The Morgan fingerprint density at radius 2 is 1.62 bits per heavy atom. The lowest BCUT2D eigenvalue weighted by atomic mass is 10.1. The first-order valence-corrected chi connectivity index (χ1v) is 9.19. The van der Waals surface area contributed by atoms with Crippen molar-refractivity contribution < 1.29 is 13.2 Å². The third-order valence-corrected chi connectivity index (χ3v) is 5.43. The highest BCUT2D eigenvalue weighted by Crippen LogP contribution is 2.29. The minimum Gasteiger partial charge on any atom is -0.497 e. The molecule has 24 heavy (non-hydrogen) atoms. The van der Waals surface area contributed by atoms with Gasteiger partial charge < -0.3 is 4.74 Å². The average Bonchev–Trinajstić information content (AvgIpc) is 2.57. The van der Waals surface area contributed by atoms with Crippen LogP contribution in [0.15, 0.2) is 59.5 Å². The Labute approximate surface area is 150 Å². The first kappa shape index (κ1) is 16.9. The van der Waals surface area contributed by atoms with Gasteiger partial charge in [0.05, 0.1) is 22.7 Å². The lowest BCUT2D eigenvalue weighted by Crippen LogP contribution is -2.13. The van der Waals surface area contributed by atoms with Gasteiger partial charge in [-0.15, -0.1) is 0 Å². The second-order valence-corrected chi connectivity index (χ2v) is 7.63. The van der Waals surface area contributed by atoms with E-state index in [4.69, 9.17) is 27.9 Å². The van der Waals surface area contributed by atoms with E-state index in [2.05, 4.69) is 4.72 Å². The zero-order valence-corrected chi connectivity index (χ0v) is 14.9. The van der Waals surface area contributed by atoms with Crippen LogP contribution in [0.3, 0.4) is 0 Å². The summed E-state index contributed by atoms with van der Waals surface area (Å²) in [6.07, 6.45) is 0. The number of ether oxygens (including phenoxy) is 1. The van der Waals surface area contributed by atoms with Gasteiger partial charge in [0, 0.05) is 5.02 Å². The van der Waals surface area contributed by atoms with Crippen molar-refractivity contribution in [2.45, 2.75) is 4.90 Å². The topological polar surface area (TPSA) is 55.4 Å². The van der Waals surface area contributed by atoms with E-state index < -0.39 is 10.0 Å². The van der Waals surface area contributed by atoms with Crippen LogP contribution in [0.1, 0.15) is 0 Å². The van der Waals surface area contributed by atoms with Crippen LogP contribution in [0.4, 0.5) is 5.69 Å². The molecule has 0 aliphatic heterocycles. The number of sulfonamides is 1. The van der Waals surface area contributed by atoms with Crippen molar-refractivity contribution in [3.05, 3.63) is 64.6 Å². The molecule has 0 aromatic heterocycles. The number of hydrogen-bond donors (Lipinski definition) is 1. The number of fused-ring (bicyclic) bond motifs is 1. The van der Waals surface area contributed by atoms with Gasteiger partial charge in [0.2, 0.25) is 0 Å². The van der Waals surface area contributed by atoms with Crippen molar-refractivity contribution in [2.24, 2.45) is 0 Å². The molecule has 0 aliphatic rings. The molecule has 3 aromatic carbocycles. The molecule has 0 radical (unpaired) electrons. The summed E-state index contributed by atoms with van der Waals surface area (Å²) in [6, 6.07) is 14.9. The van der Waals surface area contributed by atoms with Gasteiger partial charge in [-0.1, -0.05) is 35.3 Å². The number of benzene rings is 3. The van der Waals surface area contributed by atoms with E-state index in [-0.39, 0.29) is 15.6 Å². The molecule has 0 fully saturated rings. The molecule has 3 aromatic rings. The predicted octanol–water partition coefficient (Wildman–Crippen LogP) is 4.96. The van der Waals surface area contributed by atoms with E-state index in [1.165, 1.54) is 18.2 Å². The fourth-order valence-electron chi connectivity index (χ4n) is 2.28. The third kappa shape index (κ3) is 3.43. The highest BCUT2D eigenvalue weighted by Gasteiger charge is 2.16. The fraction of sp³-hybridized carbons (Fsp3) is 0.0588. The lowest BCUT2D eigenvalue weighted by Gasteiger charge is -2.11. The molecule has 0 bridgehead atoms. The molecular formula is C17H13Cl2NO3S. The maximum atomic E-state index is 12.6. The largest absolute Gasteiger partial charge is 0.497 e. The predicted molar refractivity (Wildman–Crippen MR) is 97.8 cm³/mol. The second kappa shape index (κ2) is 6.51. The van der Waals surface area contributed by atoms with Crippen molar-refractivity contribution in [1.29, 1.82) is 0 Å². The molecule has 7 heteroatoms. The highest BCUT2D eigenvalue weighted by molar-refractivity contribution is 7.92. The van der Waals surface area contributed by atoms with Crippen molar-refractivity contribution in [1.82, 2.24) is 0 Å². The smallest absolute Gasteiger partial charge is 0.261 e. The summed E-state index contributed by atoms with van der Waals surface area (Å²) >= 11 is 11.9. The van der Waals surface area contributed by atoms with Gasteiger partial charge in [-0.3, -0.25) is 4.72 Å². The van der Waals surface area contributed by atoms with Crippen LogP contribution in [0.25, 0.3) is 10.8 Å². The Balaban J connectivity index is 2.00. The summed E-state index contributed by atoms with van der Waals surface area (Å²) < 4.78 is 32.8. The van der Waals surface area contributed by atoms with Crippen molar-refractivity contribution in [2.75, 3.05) is 11.8 Å². The number of anilines is 1. The maximum Gasteiger partial charge on any atom is 0.261 e. The molecule has 1 N–H and O–H groups in total. The molecule has 4 nitrogen and oxygen atoms in total. The van der Waals surface area contributed by atoms with E-state index in [0.717, 1.165) is 10.8 Å². The van der Waals surface area contributed by atoms with Gasteiger partial charge in [-0.25, -0.2) is 8.42 Å². The van der Waals surface area contributed by atoms with Crippen LogP contribution in [0.5, 0.6) is 5.75 Å². The van der Waals surface area contributed by atoms with Gasteiger partial charge >= 0.3 is 0 Å². The Bertz CT molecular complexity index is 1020. The van der Waals surface area contributed by atoms with E-state index in [1.54, 1.807) is 37.4 Å². The van der Waals surface area contributed by atoms with Crippen LogP contribution >= 0.6 is 23.2 Å². The van der Waals surface area contributed by atoms with E-state index in [1.807, 2.05) is 6.07 Å². The summed E-state index contributed by atoms with van der Waals surface area (Å²) in [6.45, 7) is 0. The lowest BCUT2D eigenvalue weighted by molar-refractivity contribution is 0.415. The molecule has 0 atom stereocenters. The minimum absolute atomic E-state index is 0.135. The van der Waals surface area contributed by atoms with Gasteiger partial charge in [0.1, 0.15) is 5.75 Å². The molecule has 0 amide bonds. The van der Waals surface area contributed by atoms with Crippen molar-refractivity contribution >= 4 is 49.7 Å². The normalized spacial score (nSPS) is 11.5. The summed E-state index contributed by atoms with van der Waals surface area (Å²) in [5, 5.41) is 2.33. The molecule has 0 spiro atoms. The average molecular weight is 382 g/mol. The van der Waals surface area contributed by atoms with Crippen LogP contribution in [0.2, 0.25) is 10.0 Å². The monoisotopic (exact) mass is 381 g/mol. The highest BCUT2D eigenvalue weighted by atomic mass is 35.5. The first-order chi connectivity index (χ1) is 11.4. The molecule has 0 saturated heterocycles. The zero-order valence-electron chi connectivity index (χ0n) is 12.6. The van der Waals surface area contributed by atoms with Crippen molar-refractivity contribution in [3.8, 4) is 5.75 Å². The maximum absolute atomic E-state index is 12.6. The van der Waals surface area contributed by atoms with Crippen molar-refractivity contribution in [3.63, 3.8) is 0 Å². The van der Waals surface area contributed by atoms with Gasteiger partial charge in [0.15, 0.2) is 0 Å². The first-order valence-electron chi connectivity index (χ1n) is 6.95. The number of nitrogens with one attached hydrogen (secondary N) is 1. The standard InChI is InChI=1S/C17H13Cl2NO3S/c1-23-14-5-2-12-9-15(6-3-11(12)8-14)24(21,22)20-17-10-13(18)4-7-16(17)19/h2-10,20H,1H3. The molecule has 0 unspecified atom stereocenters. The Morgan fingerprint density at radius 1 is 0.917 bits per heavy atom. The number of rotatable bonds is 4. The number of hydrogen-bond acceptors (Lipinski definition) is 3. The molecule has 3 rings (SSSR count). The minimum atomic E-state index is -3.78. The Morgan fingerprint density at radius 3 is 2.38 bits per heavy atom. The quantitative estimate of drug-likeness (QED) is 0.694. The van der Waals surface area contributed by atoms with Crippen LogP contribution in [-0.2, 0) is 10.0 Å². The molecule has 0 saturated carbocycles. The van der Waals surface area contributed by atoms with Gasteiger partial charge in [0.25, 0.3) is 10.0 Å². The van der Waals surface area contributed by atoms with E-state index in [0.29, 0.717) is 10.8 Å². The van der Waals surface area contributed by atoms with Gasteiger partial charge in [-0.05, 0) is 53.2 Å². The summed E-state index contributed by atoms with van der Waals surface area (Å²) in [5.41, 5.74) is 0.235. The Kier molecular flexibility index (Phi) is 4.58. The van der Waals surface area contributed by atoms with E-state index in [9.17, 15) is 8.42 Å². The zero-order chi connectivity index (χ0) is 17.3. The molecule has 0 heterocycles. The van der Waals surface area contributed by atoms with Crippen LogP contribution < -0.4 is 9.46 Å². The summed E-state index contributed by atoms with van der Waals surface area (Å²) in [7, 11) is -2.20. The van der Waals surface area contributed by atoms with Gasteiger partial charge in [-0.2, -0.15) is 0 Å². The molecule has 0 aliphatic carbocycles. The third-order valence-electron chi connectivity index (χ3n) is 3.50. The SMILES string of the molecule is COc1ccc2cc(S(=O)(=O)Nc3cc(Cl)ccc3Cl)ccc2c1. The number of methoxy groups -OCH3 is 1. The second-order valence-electron chi connectivity index (χ2n) is 5.10. The molecular weight excluding hydrogens is 369 g/mol. The summed E-state index contributed by atoms with van der Waals surface area (Å²) in [4.78, 5) is 0.135. The Hall–Kier alpha value is -1.95. The van der Waals surface area contributed by atoms with Crippen LogP contribution in [0, 0.1) is 0 Å². The van der Waals surface area contributed by atoms with E-state index >= 15 is 0 Å². The number of halogens is 2. The van der Waals surface area contributed by atoms with Crippen LogP contribution in [-0.4, -0.2) is 15.5 Å². The molecule has 124 valence electrons. The fourth-order valence-corrected chi connectivity index (χ4v) is 3.77.